The van der Waals surface area contributed by atoms with Crippen molar-refractivity contribution in [1.82, 2.24) is 4.90 Å². The highest BCUT2D eigenvalue weighted by Crippen LogP contribution is 2.45. The molecule has 1 saturated heterocycles. The van der Waals surface area contributed by atoms with E-state index in [9.17, 15) is 19.2 Å². The van der Waals surface area contributed by atoms with Gasteiger partial charge in [0.1, 0.15) is 11.2 Å². The summed E-state index contributed by atoms with van der Waals surface area (Å²) in [4.78, 5) is 54.9. The lowest BCUT2D eigenvalue weighted by atomic mass is 9.74. The normalized spacial score (nSPS) is 24.1. The Kier molecular flexibility index (Phi) is 6.63. The Morgan fingerprint density at radius 3 is 1.91 bits per heavy atom. The Hall–Kier alpha value is -2.74. The Bertz CT molecular complexity index is 913. The fourth-order valence-electron chi connectivity index (χ4n) is 3.64. The molecule has 1 fully saturated rings. The van der Waals surface area contributed by atoms with Crippen LogP contribution in [0.5, 0.6) is 0 Å². The fourth-order valence-corrected chi connectivity index (χ4v) is 3.64. The molecular weight excluding hydrogens is 412 g/mol. The summed E-state index contributed by atoms with van der Waals surface area (Å²) in [6.07, 6.45) is -1.36. The zero-order valence-corrected chi connectivity index (χ0v) is 20.1. The van der Waals surface area contributed by atoms with E-state index in [1.165, 1.54) is 0 Å². The molecule has 1 aromatic carbocycles. The summed E-state index contributed by atoms with van der Waals surface area (Å²) >= 11 is 0. The average Bonchev–Trinajstić information content (AvgIpc) is 2.79. The van der Waals surface area contributed by atoms with Gasteiger partial charge in [0.05, 0.1) is 0 Å². The van der Waals surface area contributed by atoms with Crippen molar-refractivity contribution in [2.24, 2.45) is 17.1 Å². The van der Waals surface area contributed by atoms with Gasteiger partial charge in [-0.05, 0) is 53.0 Å². The minimum Gasteiger partial charge on any atom is -0.459 e. The van der Waals surface area contributed by atoms with Gasteiger partial charge in [0.15, 0.2) is 5.66 Å². The van der Waals surface area contributed by atoms with E-state index < -0.39 is 52.0 Å². The van der Waals surface area contributed by atoms with Gasteiger partial charge in [0.2, 0.25) is 11.2 Å². The van der Waals surface area contributed by atoms with Crippen molar-refractivity contribution < 1.29 is 28.7 Å². The number of hydrogen-bond acceptors (Lipinski definition) is 7. The molecule has 176 valence electrons. The van der Waals surface area contributed by atoms with Crippen LogP contribution in [0.1, 0.15) is 61.0 Å². The standard InChI is InChI=1S/C24H34N2O6/c1-15(2)24(25)17(27)23(19(29)31-21(3,4)5,14-16-12-10-9-11-13-16)18(28)26(24)20(30)32-22(6,7)8/h9-13,15H,14,25H2,1-8H3/t23-,24-/m1/s1. The highest BCUT2D eigenvalue weighted by Gasteiger charge is 2.73. The van der Waals surface area contributed by atoms with E-state index in [4.69, 9.17) is 15.2 Å². The summed E-state index contributed by atoms with van der Waals surface area (Å²) in [5.41, 5.74) is 0.711. The summed E-state index contributed by atoms with van der Waals surface area (Å²) in [6, 6.07) is 8.61. The van der Waals surface area contributed by atoms with Crippen molar-refractivity contribution in [1.29, 1.82) is 0 Å². The highest BCUT2D eigenvalue weighted by molar-refractivity contribution is 6.31. The molecule has 2 amide bonds. The Labute approximate surface area is 189 Å². The first-order chi connectivity index (χ1) is 14.5. The quantitative estimate of drug-likeness (QED) is 0.557. The van der Waals surface area contributed by atoms with Crippen molar-refractivity contribution in [2.45, 2.75) is 78.7 Å². The first kappa shape index (κ1) is 25.5. The van der Waals surface area contributed by atoms with Gasteiger partial charge in [-0.3, -0.25) is 14.4 Å². The number of carbonyl (C=O) groups is 4. The minimum atomic E-state index is -2.31. The van der Waals surface area contributed by atoms with Crippen LogP contribution in [-0.4, -0.2) is 45.5 Å². The number of nitrogens with two attached hydrogens (primary N) is 1. The molecule has 32 heavy (non-hydrogen) atoms. The number of carbonyl (C=O) groups excluding carboxylic acids is 4. The number of imide groups is 1. The van der Waals surface area contributed by atoms with E-state index >= 15 is 0 Å². The van der Waals surface area contributed by atoms with Crippen molar-refractivity contribution in [2.75, 3.05) is 0 Å². The molecule has 1 heterocycles. The zero-order valence-electron chi connectivity index (χ0n) is 20.1. The van der Waals surface area contributed by atoms with E-state index in [0.29, 0.717) is 10.5 Å². The predicted molar refractivity (Wildman–Crippen MR) is 118 cm³/mol. The average molecular weight is 447 g/mol. The molecule has 0 saturated carbocycles. The van der Waals surface area contributed by atoms with E-state index in [1.807, 2.05) is 0 Å². The van der Waals surface area contributed by atoms with E-state index in [2.05, 4.69) is 0 Å². The van der Waals surface area contributed by atoms with E-state index in [0.717, 1.165) is 0 Å². The first-order valence-corrected chi connectivity index (χ1v) is 10.7. The molecule has 0 aromatic heterocycles. The van der Waals surface area contributed by atoms with Crippen LogP contribution in [0.3, 0.4) is 0 Å². The molecule has 8 heteroatoms. The van der Waals surface area contributed by atoms with Crippen molar-refractivity contribution >= 4 is 23.8 Å². The first-order valence-electron chi connectivity index (χ1n) is 10.7. The molecule has 2 atom stereocenters. The van der Waals surface area contributed by atoms with Gasteiger partial charge < -0.3 is 15.2 Å². The van der Waals surface area contributed by atoms with Gasteiger partial charge in [-0.25, -0.2) is 9.69 Å². The maximum absolute atomic E-state index is 13.9. The molecule has 1 aliphatic rings. The van der Waals surface area contributed by atoms with Crippen LogP contribution in [0.25, 0.3) is 0 Å². The summed E-state index contributed by atoms with van der Waals surface area (Å²) in [6.45, 7) is 13.0. The summed E-state index contributed by atoms with van der Waals surface area (Å²) in [5, 5.41) is 0. The van der Waals surface area contributed by atoms with Crippen LogP contribution < -0.4 is 5.73 Å². The van der Waals surface area contributed by atoms with Crippen molar-refractivity contribution in [3.63, 3.8) is 0 Å². The van der Waals surface area contributed by atoms with Crippen LogP contribution in [-0.2, 0) is 30.3 Å². The van der Waals surface area contributed by atoms with Gasteiger partial charge in [-0.15, -0.1) is 0 Å². The van der Waals surface area contributed by atoms with Crippen LogP contribution in [0.15, 0.2) is 30.3 Å². The number of hydrogen-bond donors (Lipinski definition) is 1. The maximum atomic E-state index is 13.9. The predicted octanol–water partition coefficient (Wildman–Crippen LogP) is 3.21. The number of benzene rings is 1. The smallest absolute Gasteiger partial charge is 0.419 e. The third-order valence-electron chi connectivity index (χ3n) is 5.21. The molecule has 0 radical (unpaired) electrons. The summed E-state index contributed by atoms with van der Waals surface area (Å²) in [5.74, 6) is -3.64. The molecule has 1 aliphatic heterocycles. The largest absolute Gasteiger partial charge is 0.459 e. The Balaban J connectivity index is 2.74. The number of esters is 1. The van der Waals surface area contributed by atoms with Gasteiger partial charge in [-0.1, -0.05) is 44.2 Å². The summed E-state index contributed by atoms with van der Waals surface area (Å²) < 4.78 is 10.9. The maximum Gasteiger partial charge on any atom is 0.419 e. The van der Waals surface area contributed by atoms with E-state index in [-0.39, 0.29) is 6.42 Å². The third-order valence-corrected chi connectivity index (χ3v) is 5.21. The minimum absolute atomic E-state index is 0.286. The number of likely N-dealkylation sites (tertiary alicyclic amines) is 1. The number of ketones is 1. The third kappa shape index (κ3) is 4.55. The Morgan fingerprint density at radius 2 is 1.47 bits per heavy atom. The fraction of sp³-hybridized carbons (Fsp3) is 0.583. The van der Waals surface area contributed by atoms with Crippen LogP contribution in [0.4, 0.5) is 4.79 Å². The molecule has 0 aliphatic carbocycles. The number of ether oxygens (including phenoxy) is 2. The second-order valence-electron chi connectivity index (χ2n) is 10.5. The van der Waals surface area contributed by atoms with Crippen LogP contribution >= 0.6 is 0 Å². The molecule has 0 unspecified atom stereocenters. The molecular formula is C24H34N2O6. The lowest BCUT2D eigenvalue weighted by Gasteiger charge is -2.35. The lowest BCUT2D eigenvalue weighted by Crippen LogP contribution is -2.63. The van der Waals surface area contributed by atoms with Gasteiger partial charge in [0.25, 0.3) is 5.91 Å². The van der Waals surface area contributed by atoms with Crippen molar-refractivity contribution in [3.8, 4) is 0 Å². The number of Topliss-reactive ketones (excluding diaryl/α,β-unsaturated/α-hetero) is 1. The molecule has 0 spiro atoms. The molecule has 1 aromatic rings. The SMILES string of the molecule is CC(C)[C@]1(N)C(=O)[C@@](Cc2ccccc2)(C(=O)OC(C)(C)C)C(=O)N1C(=O)OC(C)(C)C. The topological polar surface area (TPSA) is 116 Å². The molecule has 0 bridgehead atoms. The van der Waals surface area contributed by atoms with Gasteiger partial charge >= 0.3 is 12.1 Å². The van der Waals surface area contributed by atoms with Gasteiger partial charge in [-0.2, -0.15) is 0 Å². The van der Waals surface area contributed by atoms with Crippen LogP contribution in [0, 0.1) is 11.3 Å². The zero-order chi connectivity index (χ0) is 24.7. The highest BCUT2D eigenvalue weighted by atomic mass is 16.6. The lowest BCUT2D eigenvalue weighted by molar-refractivity contribution is -0.172. The number of amides is 2. The van der Waals surface area contributed by atoms with Crippen molar-refractivity contribution in [3.05, 3.63) is 35.9 Å². The second kappa shape index (κ2) is 8.31. The number of nitrogens with zero attached hydrogens (tertiary/aromatic N) is 1. The monoisotopic (exact) mass is 446 g/mol. The van der Waals surface area contributed by atoms with Gasteiger partial charge in [0, 0.05) is 6.42 Å². The van der Waals surface area contributed by atoms with Crippen LogP contribution in [0.2, 0.25) is 0 Å². The molecule has 8 nitrogen and oxygen atoms in total. The van der Waals surface area contributed by atoms with E-state index in [1.54, 1.807) is 85.7 Å². The molecule has 2 N–H and O–H groups in total. The summed E-state index contributed by atoms with van der Waals surface area (Å²) in [7, 11) is 0. The second-order valence-corrected chi connectivity index (χ2v) is 10.5. The Morgan fingerprint density at radius 1 is 0.969 bits per heavy atom. The molecule has 2 rings (SSSR count). The number of rotatable bonds is 4.